The van der Waals surface area contributed by atoms with Crippen molar-refractivity contribution < 1.29 is 18.1 Å². The molecular formula is C44H28O. The molecule has 0 saturated carbocycles. The number of para-hydroxylation sites is 1. The Morgan fingerprint density at radius 3 is 1.49 bits per heavy atom. The second-order valence-corrected chi connectivity index (χ2v) is 10.9. The van der Waals surface area contributed by atoms with Crippen LogP contribution in [0.4, 0.5) is 0 Å². The van der Waals surface area contributed by atoms with E-state index in [2.05, 4.69) is 0 Å². The van der Waals surface area contributed by atoms with Gasteiger partial charge in [0.1, 0.15) is 11.2 Å². The Morgan fingerprint density at radius 2 is 0.867 bits per heavy atom. The van der Waals surface area contributed by atoms with Gasteiger partial charge in [0.15, 0.2) is 0 Å². The lowest BCUT2D eigenvalue weighted by Crippen LogP contribution is -1.93. The summed E-state index contributed by atoms with van der Waals surface area (Å²) in [6, 6.07) is 30.9. The van der Waals surface area contributed by atoms with Gasteiger partial charge in [0.2, 0.25) is 0 Å². The van der Waals surface area contributed by atoms with Crippen molar-refractivity contribution in [2.24, 2.45) is 0 Å². The summed E-state index contributed by atoms with van der Waals surface area (Å²) >= 11 is 0. The van der Waals surface area contributed by atoms with Crippen molar-refractivity contribution in [3.63, 3.8) is 0 Å². The lowest BCUT2D eigenvalue weighted by Gasteiger charge is -2.20. The van der Waals surface area contributed by atoms with Crippen LogP contribution in [0, 0.1) is 0 Å². The molecule has 0 atom stereocenters. The first kappa shape index (κ1) is 17.4. The van der Waals surface area contributed by atoms with Crippen LogP contribution in [-0.4, -0.2) is 0 Å². The highest BCUT2D eigenvalue weighted by Crippen LogP contribution is 2.48. The Morgan fingerprint density at radius 1 is 0.356 bits per heavy atom. The van der Waals surface area contributed by atoms with Gasteiger partial charge in [0, 0.05) is 10.8 Å². The minimum absolute atomic E-state index is 0.0913. The van der Waals surface area contributed by atoms with Gasteiger partial charge < -0.3 is 4.42 Å². The molecule has 0 radical (unpaired) electrons. The molecule has 0 N–H and O–H groups in total. The maximum absolute atomic E-state index is 9.03. The number of furan rings is 1. The molecular weight excluding hydrogens is 544 g/mol. The van der Waals surface area contributed by atoms with Gasteiger partial charge in [-0.1, -0.05) is 151 Å². The summed E-state index contributed by atoms with van der Waals surface area (Å²) in [7, 11) is 0. The quantitative estimate of drug-likeness (QED) is 0.188. The first-order valence-corrected chi connectivity index (χ1v) is 14.6. The molecule has 1 heteroatoms. The highest BCUT2D eigenvalue weighted by atomic mass is 16.3. The lowest BCUT2D eigenvalue weighted by molar-refractivity contribution is 0.669. The molecule has 0 unspecified atom stereocenters. The molecule has 0 aliphatic rings. The third kappa shape index (κ3) is 4.17. The average Bonchev–Trinajstić information content (AvgIpc) is 3.57. The highest BCUT2D eigenvalue weighted by molar-refractivity contribution is 6.23. The Bertz CT molecular complexity index is 2980. The van der Waals surface area contributed by atoms with Gasteiger partial charge in [0.05, 0.1) is 13.7 Å². The Balaban J connectivity index is 1.36. The largest absolute Gasteiger partial charge is 0.456 e. The fraction of sp³-hybridized carbons (Fsp3) is 0. The van der Waals surface area contributed by atoms with Crippen LogP contribution in [0.15, 0.2) is 174 Å². The average molecular weight is 583 g/mol. The molecule has 1 heterocycles. The summed E-state index contributed by atoms with van der Waals surface area (Å²) in [4.78, 5) is 0. The molecule has 8 aromatic carbocycles. The lowest BCUT2D eigenvalue weighted by atomic mass is 9.83. The number of rotatable bonds is 4. The zero-order valence-electron chi connectivity index (χ0n) is 33.8. The molecule has 0 aliphatic heterocycles. The Labute approximate surface area is 275 Å². The predicted octanol–water partition coefficient (Wildman–Crippen LogP) is 12.6. The molecule has 210 valence electrons. The van der Waals surface area contributed by atoms with Crippen molar-refractivity contribution in [1.29, 1.82) is 0 Å². The molecule has 0 amide bonds. The van der Waals surface area contributed by atoms with Crippen LogP contribution in [-0.2, 0) is 0 Å². The summed E-state index contributed by atoms with van der Waals surface area (Å²) < 4.78 is 91.2. The second-order valence-electron chi connectivity index (χ2n) is 10.9. The van der Waals surface area contributed by atoms with Gasteiger partial charge in [-0.05, 0) is 84.3 Å². The molecule has 0 fully saturated rings. The van der Waals surface area contributed by atoms with E-state index in [1.54, 1.807) is 12.1 Å². The maximum Gasteiger partial charge on any atom is 0.136 e. The molecule has 1 nitrogen and oxygen atoms in total. The summed E-state index contributed by atoms with van der Waals surface area (Å²) in [5.74, 6) is 0. The molecule has 0 spiro atoms. The molecule has 9 aromatic rings. The van der Waals surface area contributed by atoms with E-state index < -0.39 is 36.3 Å². The van der Waals surface area contributed by atoms with Crippen molar-refractivity contribution in [3.8, 4) is 44.5 Å². The van der Waals surface area contributed by atoms with Gasteiger partial charge in [0.25, 0.3) is 0 Å². The van der Waals surface area contributed by atoms with E-state index in [1.807, 2.05) is 97.1 Å². The monoisotopic (exact) mass is 582 g/mol. The smallest absolute Gasteiger partial charge is 0.136 e. The summed E-state index contributed by atoms with van der Waals surface area (Å²) in [6.45, 7) is 0. The standard InChI is InChI=1S/C44H28O/c1-3-13-29(14-4-1)30-23-25-32(26-24-30)43-34-18-7-9-20-36(34)44(37-21-10-8-19-35(37)43)40-28-42-39(33-17-11-12-22-41(33)45-42)27-38(40)31-15-5-2-6-16-31/h1-28H/i1D,2D,3D,4D,5D,6D,13D,14D,15D,16D. The summed E-state index contributed by atoms with van der Waals surface area (Å²) in [5, 5.41) is 5.09. The van der Waals surface area contributed by atoms with Crippen LogP contribution in [0.25, 0.3) is 88.0 Å². The van der Waals surface area contributed by atoms with Crippen LogP contribution in [0.5, 0.6) is 0 Å². The third-order valence-electron chi connectivity index (χ3n) is 8.45. The van der Waals surface area contributed by atoms with Gasteiger partial charge in [-0.3, -0.25) is 0 Å². The number of fused-ring (bicyclic) bond motifs is 5. The first-order chi connectivity index (χ1) is 26.5. The zero-order chi connectivity index (χ0) is 38.4. The summed E-state index contributed by atoms with van der Waals surface area (Å²) in [5.41, 5.74) is 5.64. The van der Waals surface area contributed by atoms with Gasteiger partial charge in [-0.25, -0.2) is 0 Å². The van der Waals surface area contributed by atoms with Gasteiger partial charge in [-0.2, -0.15) is 0 Å². The van der Waals surface area contributed by atoms with E-state index in [1.165, 1.54) is 0 Å². The number of benzene rings is 8. The van der Waals surface area contributed by atoms with Crippen LogP contribution < -0.4 is 0 Å². The molecule has 0 bridgehead atoms. The van der Waals surface area contributed by atoms with Crippen LogP contribution in [0.3, 0.4) is 0 Å². The molecule has 45 heavy (non-hydrogen) atoms. The highest BCUT2D eigenvalue weighted by Gasteiger charge is 2.21. The third-order valence-corrected chi connectivity index (χ3v) is 8.45. The van der Waals surface area contributed by atoms with E-state index in [-0.39, 0.29) is 35.3 Å². The van der Waals surface area contributed by atoms with E-state index >= 15 is 0 Å². The predicted molar refractivity (Wildman–Crippen MR) is 190 cm³/mol. The van der Waals surface area contributed by atoms with E-state index in [4.69, 9.17) is 18.1 Å². The first-order valence-electron chi connectivity index (χ1n) is 19.6. The molecule has 1 aromatic heterocycles. The van der Waals surface area contributed by atoms with Crippen molar-refractivity contribution >= 4 is 43.5 Å². The minimum Gasteiger partial charge on any atom is -0.456 e. The zero-order valence-corrected chi connectivity index (χ0v) is 23.8. The molecule has 9 rings (SSSR count). The molecule has 0 saturated heterocycles. The van der Waals surface area contributed by atoms with Crippen LogP contribution in [0.2, 0.25) is 0 Å². The van der Waals surface area contributed by atoms with Crippen LogP contribution in [0.1, 0.15) is 13.7 Å². The van der Waals surface area contributed by atoms with E-state index in [0.29, 0.717) is 27.9 Å². The number of hydrogen-bond acceptors (Lipinski definition) is 1. The van der Waals surface area contributed by atoms with Crippen molar-refractivity contribution in [2.75, 3.05) is 0 Å². The fourth-order valence-electron chi connectivity index (χ4n) is 6.50. The van der Waals surface area contributed by atoms with Crippen LogP contribution >= 0.6 is 0 Å². The van der Waals surface area contributed by atoms with Crippen molar-refractivity contribution in [3.05, 3.63) is 170 Å². The Hall–Kier alpha value is -5.92. The second kappa shape index (κ2) is 10.4. The van der Waals surface area contributed by atoms with Crippen molar-refractivity contribution in [2.45, 2.75) is 0 Å². The normalized spacial score (nSPS) is 14.7. The summed E-state index contributed by atoms with van der Waals surface area (Å²) in [6.07, 6.45) is 0. The van der Waals surface area contributed by atoms with Crippen molar-refractivity contribution in [1.82, 2.24) is 0 Å². The minimum atomic E-state index is -0.465. The topological polar surface area (TPSA) is 13.1 Å². The van der Waals surface area contributed by atoms with Gasteiger partial charge in [-0.15, -0.1) is 0 Å². The SMILES string of the molecule is [2H]c1c([2H])c([2H])c(-c2ccc(-c3c4ccccc4c(-c4cc5oc6ccccc6c5cc4-c4c([2H])c([2H])c([2H])c([2H])c4[2H])c4ccccc34)cc2)c([2H])c1[2H]. The van der Waals surface area contributed by atoms with E-state index in [0.717, 1.165) is 49.0 Å². The van der Waals surface area contributed by atoms with E-state index in [9.17, 15) is 0 Å². The van der Waals surface area contributed by atoms with Gasteiger partial charge >= 0.3 is 0 Å². The number of hydrogen-bond donors (Lipinski definition) is 0. The molecule has 0 aliphatic carbocycles. The Kier molecular flexibility index (Phi) is 4.01. The maximum atomic E-state index is 9.03. The fourth-order valence-corrected chi connectivity index (χ4v) is 6.50.